The summed E-state index contributed by atoms with van der Waals surface area (Å²) in [4.78, 5) is 0. The van der Waals surface area contributed by atoms with Crippen molar-refractivity contribution in [1.29, 1.82) is 0 Å². The Morgan fingerprint density at radius 2 is 1.83 bits per heavy atom. The smallest absolute Gasteiger partial charge is 0.0684 e. The summed E-state index contributed by atoms with van der Waals surface area (Å²) in [6.07, 6.45) is 7.30. The van der Waals surface area contributed by atoms with Crippen LogP contribution in [0.2, 0.25) is 0 Å². The monoisotopic (exact) mass is 254 g/mol. The number of hydrogen-bond donors (Lipinski definition) is 1. The van der Waals surface area contributed by atoms with Crippen molar-refractivity contribution < 1.29 is 9.84 Å². The lowest BCUT2D eigenvalue weighted by Crippen LogP contribution is -2.54. The first kappa shape index (κ1) is 14.3. The van der Waals surface area contributed by atoms with Crippen LogP contribution in [0.5, 0.6) is 0 Å². The van der Waals surface area contributed by atoms with Crippen LogP contribution in [0.4, 0.5) is 0 Å². The third kappa shape index (κ3) is 2.34. The molecule has 2 fully saturated rings. The number of fused-ring (bicyclic) bond motifs is 1. The van der Waals surface area contributed by atoms with Crippen LogP contribution in [0.3, 0.4) is 0 Å². The highest BCUT2D eigenvalue weighted by molar-refractivity contribution is 5.03. The first-order valence-electron chi connectivity index (χ1n) is 7.49. The van der Waals surface area contributed by atoms with Crippen molar-refractivity contribution in [2.24, 2.45) is 17.3 Å². The second kappa shape index (κ2) is 4.49. The molecule has 2 nitrogen and oxygen atoms in total. The molecule has 0 heterocycles. The van der Waals surface area contributed by atoms with E-state index < -0.39 is 5.60 Å². The zero-order chi connectivity index (χ0) is 13.6. The highest BCUT2D eigenvalue weighted by Crippen LogP contribution is 2.57. The van der Waals surface area contributed by atoms with Crippen LogP contribution in [0, 0.1) is 17.3 Å². The van der Waals surface area contributed by atoms with Crippen molar-refractivity contribution in [1.82, 2.24) is 0 Å². The number of rotatable bonds is 2. The first-order chi connectivity index (χ1) is 8.21. The van der Waals surface area contributed by atoms with Crippen LogP contribution >= 0.6 is 0 Å². The maximum absolute atomic E-state index is 10.3. The maximum Gasteiger partial charge on any atom is 0.0684 e. The summed E-state index contributed by atoms with van der Waals surface area (Å²) in [5.41, 5.74) is -0.116. The summed E-state index contributed by atoms with van der Waals surface area (Å²) in [5.74, 6) is 1.01. The van der Waals surface area contributed by atoms with Gasteiger partial charge < -0.3 is 9.84 Å². The summed E-state index contributed by atoms with van der Waals surface area (Å²) in [7, 11) is 1.86. The Balaban J connectivity index is 2.23. The Kier molecular flexibility index (Phi) is 3.57. The number of aliphatic hydroxyl groups is 1. The van der Waals surface area contributed by atoms with E-state index in [1.165, 1.54) is 25.7 Å². The van der Waals surface area contributed by atoms with Crippen molar-refractivity contribution in [3.05, 3.63) is 0 Å². The van der Waals surface area contributed by atoms with Gasteiger partial charge in [0.2, 0.25) is 0 Å². The van der Waals surface area contributed by atoms with Crippen LogP contribution < -0.4 is 0 Å². The molecule has 0 saturated heterocycles. The lowest BCUT2D eigenvalue weighted by molar-refractivity contribution is -0.158. The van der Waals surface area contributed by atoms with Gasteiger partial charge in [0.05, 0.1) is 11.2 Å². The van der Waals surface area contributed by atoms with Gasteiger partial charge >= 0.3 is 0 Å². The molecule has 2 heteroatoms. The summed E-state index contributed by atoms with van der Waals surface area (Å²) < 4.78 is 5.89. The SMILES string of the molecule is CO[C@]1(C)CCC[C@]2(C)CC[C@@H](C(C)(C)O)C[C@H]21. The Hall–Kier alpha value is -0.0800. The van der Waals surface area contributed by atoms with Crippen molar-refractivity contribution in [2.45, 2.75) is 77.4 Å². The lowest BCUT2D eigenvalue weighted by atomic mass is 9.52. The molecular weight excluding hydrogens is 224 g/mol. The van der Waals surface area contributed by atoms with Crippen LogP contribution in [0.1, 0.15) is 66.2 Å². The van der Waals surface area contributed by atoms with Gasteiger partial charge in [-0.3, -0.25) is 0 Å². The quantitative estimate of drug-likeness (QED) is 0.813. The van der Waals surface area contributed by atoms with Crippen molar-refractivity contribution in [2.75, 3.05) is 7.11 Å². The minimum Gasteiger partial charge on any atom is -0.390 e. The molecule has 0 spiro atoms. The van der Waals surface area contributed by atoms with E-state index in [0.29, 0.717) is 17.3 Å². The highest BCUT2D eigenvalue weighted by Gasteiger charge is 2.53. The molecule has 2 aliphatic carbocycles. The molecule has 18 heavy (non-hydrogen) atoms. The summed E-state index contributed by atoms with van der Waals surface area (Å²) >= 11 is 0. The fraction of sp³-hybridized carbons (Fsp3) is 1.00. The Bertz CT molecular complexity index is 297. The molecule has 106 valence electrons. The van der Waals surface area contributed by atoms with Gasteiger partial charge in [-0.15, -0.1) is 0 Å². The van der Waals surface area contributed by atoms with E-state index in [1.54, 1.807) is 0 Å². The zero-order valence-corrected chi connectivity index (χ0v) is 12.8. The summed E-state index contributed by atoms with van der Waals surface area (Å²) in [6, 6.07) is 0. The first-order valence-corrected chi connectivity index (χ1v) is 7.49. The van der Waals surface area contributed by atoms with Crippen LogP contribution in [-0.4, -0.2) is 23.4 Å². The van der Waals surface area contributed by atoms with E-state index in [1.807, 2.05) is 21.0 Å². The third-order valence-electron chi connectivity index (χ3n) is 6.05. The van der Waals surface area contributed by atoms with E-state index in [2.05, 4.69) is 13.8 Å². The number of ether oxygens (including phenoxy) is 1. The van der Waals surface area contributed by atoms with Crippen molar-refractivity contribution in [3.63, 3.8) is 0 Å². The summed E-state index contributed by atoms with van der Waals surface area (Å²) in [5, 5.41) is 10.3. The van der Waals surface area contributed by atoms with Crippen LogP contribution in [0.25, 0.3) is 0 Å². The fourth-order valence-corrected chi connectivity index (χ4v) is 4.55. The molecule has 2 aliphatic rings. The normalized spacial score (nSPS) is 45.7. The van der Waals surface area contributed by atoms with Gasteiger partial charge in [-0.2, -0.15) is 0 Å². The van der Waals surface area contributed by atoms with E-state index in [4.69, 9.17) is 4.74 Å². The molecule has 4 atom stereocenters. The molecule has 0 radical (unpaired) electrons. The Morgan fingerprint density at radius 3 is 2.39 bits per heavy atom. The number of hydrogen-bond acceptors (Lipinski definition) is 2. The molecule has 0 aromatic carbocycles. The molecule has 2 saturated carbocycles. The van der Waals surface area contributed by atoms with Crippen molar-refractivity contribution >= 4 is 0 Å². The minimum absolute atomic E-state index is 0.0108. The average Bonchev–Trinajstić information content (AvgIpc) is 2.27. The summed E-state index contributed by atoms with van der Waals surface area (Å²) in [6.45, 7) is 8.65. The molecular formula is C16H30O2. The largest absolute Gasteiger partial charge is 0.390 e. The molecule has 0 amide bonds. The Morgan fingerprint density at radius 1 is 1.17 bits per heavy atom. The zero-order valence-electron chi connectivity index (χ0n) is 12.8. The lowest BCUT2D eigenvalue weighted by Gasteiger charge is -2.56. The van der Waals surface area contributed by atoms with E-state index in [-0.39, 0.29) is 5.60 Å². The molecule has 0 unspecified atom stereocenters. The van der Waals surface area contributed by atoms with Gasteiger partial charge in [-0.25, -0.2) is 0 Å². The number of methoxy groups -OCH3 is 1. The van der Waals surface area contributed by atoms with Gasteiger partial charge in [0, 0.05) is 7.11 Å². The predicted octanol–water partition coefficient (Wildman–Crippen LogP) is 3.77. The molecule has 0 aliphatic heterocycles. The topological polar surface area (TPSA) is 29.5 Å². The maximum atomic E-state index is 10.3. The molecule has 1 N–H and O–H groups in total. The van der Waals surface area contributed by atoms with Crippen molar-refractivity contribution in [3.8, 4) is 0 Å². The van der Waals surface area contributed by atoms with Gasteiger partial charge in [0.15, 0.2) is 0 Å². The molecule has 2 rings (SSSR count). The molecule has 0 aromatic heterocycles. The predicted molar refractivity (Wildman–Crippen MR) is 74.5 cm³/mol. The molecule has 0 aromatic rings. The Labute approximate surface area is 112 Å². The standard InChI is InChI=1S/C16H30O2/c1-14(2,17)12-7-10-15(3)8-6-9-16(4,18-5)13(15)11-12/h12-13,17H,6-11H2,1-5H3/t12-,13-,15-,16-/m1/s1. The van der Waals surface area contributed by atoms with E-state index in [0.717, 1.165) is 12.8 Å². The third-order valence-corrected chi connectivity index (χ3v) is 6.05. The highest BCUT2D eigenvalue weighted by atomic mass is 16.5. The van der Waals surface area contributed by atoms with Gasteiger partial charge in [0.25, 0.3) is 0 Å². The second-order valence-electron chi connectivity index (χ2n) is 7.70. The second-order valence-corrected chi connectivity index (χ2v) is 7.70. The fourth-order valence-electron chi connectivity index (χ4n) is 4.55. The minimum atomic E-state index is -0.548. The van der Waals surface area contributed by atoms with Gasteiger partial charge in [-0.05, 0) is 70.1 Å². The van der Waals surface area contributed by atoms with E-state index >= 15 is 0 Å². The molecule has 0 bridgehead atoms. The van der Waals surface area contributed by atoms with Crippen LogP contribution in [-0.2, 0) is 4.74 Å². The van der Waals surface area contributed by atoms with Gasteiger partial charge in [-0.1, -0.05) is 13.3 Å². The van der Waals surface area contributed by atoms with Gasteiger partial charge in [0.1, 0.15) is 0 Å². The van der Waals surface area contributed by atoms with Crippen LogP contribution in [0.15, 0.2) is 0 Å². The van der Waals surface area contributed by atoms with E-state index in [9.17, 15) is 5.11 Å². The average molecular weight is 254 g/mol.